The van der Waals surface area contributed by atoms with Crippen molar-refractivity contribution in [3.63, 3.8) is 0 Å². The Bertz CT molecular complexity index is 549. The summed E-state index contributed by atoms with van der Waals surface area (Å²) in [6.07, 6.45) is 3.48. The summed E-state index contributed by atoms with van der Waals surface area (Å²) in [4.78, 5) is 12.6. The largest absolute Gasteiger partial charge is 0.493 e. The van der Waals surface area contributed by atoms with E-state index >= 15 is 0 Å². The molecule has 0 bridgehead atoms. The van der Waals surface area contributed by atoms with Crippen LogP contribution >= 0.6 is 0 Å². The summed E-state index contributed by atoms with van der Waals surface area (Å²) in [5, 5.41) is 6.23. The third kappa shape index (κ3) is 4.71. The van der Waals surface area contributed by atoms with Crippen molar-refractivity contribution in [1.29, 1.82) is 0 Å². The van der Waals surface area contributed by atoms with Gasteiger partial charge in [-0.3, -0.25) is 4.79 Å². The second-order valence-electron chi connectivity index (χ2n) is 6.79. The minimum absolute atomic E-state index is 0.0765. The number of methoxy groups -OCH3 is 1. The Morgan fingerprint density at radius 2 is 1.92 bits per heavy atom. The summed E-state index contributed by atoms with van der Waals surface area (Å²) in [6.45, 7) is 3.96. The number of hydrogen-bond donors (Lipinski definition) is 2. The Morgan fingerprint density at radius 1 is 1.24 bits per heavy atom. The molecule has 1 aromatic rings. The van der Waals surface area contributed by atoms with Gasteiger partial charge in [0.25, 0.3) is 5.91 Å². The third-order valence-electron chi connectivity index (χ3n) is 5.15. The number of amides is 1. The van der Waals surface area contributed by atoms with E-state index in [4.69, 9.17) is 14.2 Å². The highest BCUT2D eigenvalue weighted by Gasteiger charge is 2.39. The Kier molecular flexibility index (Phi) is 6.29. The van der Waals surface area contributed by atoms with Crippen molar-refractivity contribution in [2.75, 3.05) is 45.3 Å². The first-order valence-electron chi connectivity index (χ1n) is 9.10. The second kappa shape index (κ2) is 8.65. The number of benzene rings is 1. The monoisotopic (exact) mass is 348 g/mol. The molecule has 2 N–H and O–H groups in total. The number of nitrogens with one attached hydrogen (secondary N) is 2. The molecule has 0 spiro atoms. The van der Waals surface area contributed by atoms with Crippen LogP contribution in [-0.4, -0.2) is 51.5 Å². The van der Waals surface area contributed by atoms with E-state index in [9.17, 15) is 4.79 Å². The van der Waals surface area contributed by atoms with Gasteiger partial charge in [-0.2, -0.15) is 0 Å². The first-order chi connectivity index (χ1) is 12.2. The van der Waals surface area contributed by atoms with Crippen LogP contribution in [-0.2, 0) is 14.3 Å². The van der Waals surface area contributed by atoms with Gasteiger partial charge in [-0.25, -0.2) is 0 Å². The lowest BCUT2D eigenvalue weighted by atomic mass is 9.91. The number of rotatable bonds is 6. The normalized spacial score (nSPS) is 20.8. The van der Waals surface area contributed by atoms with Gasteiger partial charge < -0.3 is 24.8 Å². The summed E-state index contributed by atoms with van der Waals surface area (Å²) >= 11 is 0. The Labute approximate surface area is 149 Å². The molecule has 138 valence electrons. The fourth-order valence-electron chi connectivity index (χ4n) is 3.36. The fraction of sp³-hybridized carbons (Fsp3) is 0.632. The first kappa shape index (κ1) is 18.2. The first-order valence-corrected chi connectivity index (χ1v) is 9.10. The zero-order valence-corrected chi connectivity index (χ0v) is 14.9. The maximum Gasteiger partial charge on any atom is 0.256 e. The Morgan fingerprint density at radius 3 is 2.56 bits per heavy atom. The molecule has 3 rings (SSSR count). The quantitative estimate of drug-likeness (QED) is 0.825. The summed E-state index contributed by atoms with van der Waals surface area (Å²) in [5.41, 5.74) is 0.0297. The molecule has 0 unspecified atom stereocenters. The van der Waals surface area contributed by atoms with Crippen molar-refractivity contribution in [2.24, 2.45) is 5.92 Å². The van der Waals surface area contributed by atoms with Gasteiger partial charge in [0.2, 0.25) is 0 Å². The summed E-state index contributed by atoms with van der Waals surface area (Å²) in [7, 11) is 1.61. The van der Waals surface area contributed by atoms with Gasteiger partial charge >= 0.3 is 0 Å². The van der Waals surface area contributed by atoms with E-state index in [0.717, 1.165) is 57.2 Å². The minimum atomic E-state index is -0.733. The van der Waals surface area contributed by atoms with E-state index in [-0.39, 0.29) is 5.91 Å². The van der Waals surface area contributed by atoms with Gasteiger partial charge in [-0.05, 0) is 69.0 Å². The van der Waals surface area contributed by atoms with E-state index in [0.29, 0.717) is 18.8 Å². The van der Waals surface area contributed by atoms with Crippen LogP contribution in [0, 0.1) is 5.92 Å². The second-order valence-corrected chi connectivity index (χ2v) is 6.79. The molecule has 1 aromatic carbocycles. The fourth-order valence-corrected chi connectivity index (χ4v) is 3.36. The van der Waals surface area contributed by atoms with Crippen molar-refractivity contribution in [1.82, 2.24) is 5.32 Å². The van der Waals surface area contributed by atoms with Crippen molar-refractivity contribution < 1.29 is 19.0 Å². The van der Waals surface area contributed by atoms with Crippen LogP contribution in [0.25, 0.3) is 0 Å². The molecule has 0 atom stereocenters. The predicted molar refractivity (Wildman–Crippen MR) is 96.0 cm³/mol. The Hall–Kier alpha value is -1.63. The van der Waals surface area contributed by atoms with Crippen LogP contribution in [0.3, 0.4) is 0 Å². The molecule has 0 aromatic heterocycles. The van der Waals surface area contributed by atoms with E-state index in [1.165, 1.54) is 0 Å². The Balaban J connectivity index is 1.52. The highest BCUT2D eigenvalue weighted by molar-refractivity contribution is 5.97. The third-order valence-corrected chi connectivity index (χ3v) is 5.15. The summed E-state index contributed by atoms with van der Waals surface area (Å²) in [6, 6.07) is 7.55. The molecule has 2 aliphatic heterocycles. The molecule has 2 saturated heterocycles. The van der Waals surface area contributed by atoms with Crippen LogP contribution in [0.15, 0.2) is 24.3 Å². The molecular formula is C19H28N2O4. The van der Waals surface area contributed by atoms with Crippen molar-refractivity contribution in [3.05, 3.63) is 24.3 Å². The van der Waals surface area contributed by atoms with Crippen molar-refractivity contribution >= 4 is 11.6 Å². The summed E-state index contributed by atoms with van der Waals surface area (Å²) in [5.74, 6) is 1.31. The lowest BCUT2D eigenvalue weighted by Crippen LogP contribution is -2.51. The van der Waals surface area contributed by atoms with E-state index < -0.39 is 5.60 Å². The van der Waals surface area contributed by atoms with Crippen LogP contribution in [0.5, 0.6) is 5.75 Å². The average molecular weight is 348 g/mol. The number of piperidine rings is 1. The molecule has 1 amide bonds. The smallest absolute Gasteiger partial charge is 0.256 e. The van der Waals surface area contributed by atoms with Gasteiger partial charge in [0.05, 0.1) is 6.61 Å². The molecule has 2 heterocycles. The average Bonchev–Trinajstić information content (AvgIpc) is 2.68. The number of ether oxygens (including phenoxy) is 3. The molecule has 6 heteroatoms. The lowest BCUT2D eigenvalue weighted by Gasteiger charge is -2.34. The van der Waals surface area contributed by atoms with E-state index in [1.54, 1.807) is 7.11 Å². The van der Waals surface area contributed by atoms with Gasteiger partial charge in [-0.15, -0.1) is 0 Å². The number of hydrogen-bond acceptors (Lipinski definition) is 5. The highest BCUT2D eigenvalue weighted by Crippen LogP contribution is 2.25. The van der Waals surface area contributed by atoms with Gasteiger partial charge in [0.1, 0.15) is 11.4 Å². The van der Waals surface area contributed by atoms with Crippen molar-refractivity contribution in [3.8, 4) is 5.75 Å². The number of carbonyl (C=O) groups is 1. The zero-order valence-electron chi connectivity index (χ0n) is 14.9. The van der Waals surface area contributed by atoms with Crippen LogP contribution in [0.1, 0.15) is 25.7 Å². The van der Waals surface area contributed by atoms with Crippen LogP contribution < -0.4 is 15.4 Å². The molecule has 0 radical (unpaired) electrons. The van der Waals surface area contributed by atoms with Crippen molar-refractivity contribution in [2.45, 2.75) is 31.3 Å². The zero-order chi connectivity index (χ0) is 17.5. The molecule has 6 nitrogen and oxygen atoms in total. The van der Waals surface area contributed by atoms with Gasteiger partial charge in [0, 0.05) is 26.0 Å². The molecule has 25 heavy (non-hydrogen) atoms. The molecular weight excluding hydrogens is 320 g/mol. The maximum absolute atomic E-state index is 12.6. The highest BCUT2D eigenvalue weighted by atomic mass is 16.5. The van der Waals surface area contributed by atoms with Crippen LogP contribution in [0.2, 0.25) is 0 Å². The SMILES string of the molecule is COC1(C(=O)Nc2ccc(OCC3CCOCC3)cc2)CCNCC1. The minimum Gasteiger partial charge on any atom is -0.493 e. The summed E-state index contributed by atoms with van der Waals surface area (Å²) < 4.78 is 16.8. The number of carbonyl (C=O) groups excluding carboxylic acids is 1. The van der Waals surface area contributed by atoms with Crippen LogP contribution in [0.4, 0.5) is 5.69 Å². The number of anilines is 1. The van der Waals surface area contributed by atoms with Gasteiger partial charge in [0.15, 0.2) is 0 Å². The lowest BCUT2D eigenvalue weighted by molar-refractivity contribution is -0.140. The molecule has 0 saturated carbocycles. The predicted octanol–water partition coefficient (Wildman–Crippen LogP) is 2.20. The van der Waals surface area contributed by atoms with E-state index in [2.05, 4.69) is 10.6 Å². The van der Waals surface area contributed by atoms with Gasteiger partial charge in [-0.1, -0.05) is 0 Å². The molecule has 2 aliphatic rings. The molecule has 0 aliphatic carbocycles. The van der Waals surface area contributed by atoms with E-state index in [1.807, 2.05) is 24.3 Å². The topological polar surface area (TPSA) is 68.8 Å². The maximum atomic E-state index is 12.6. The molecule has 2 fully saturated rings. The standard InChI is InChI=1S/C19H28N2O4/c1-23-19(8-10-20-11-9-19)18(22)21-16-2-4-17(5-3-16)25-14-15-6-12-24-13-7-15/h2-5,15,20H,6-14H2,1H3,(H,21,22).